The van der Waals surface area contributed by atoms with Gasteiger partial charge in [0.2, 0.25) is 5.96 Å². The van der Waals surface area contributed by atoms with Crippen LogP contribution in [0.1, 0.15) is 6.42 Å². The molecule has 6 N–H and O–H groups in total. The van der Waals surface area contributed by atoms with Gasteiger partial charge in [-0.15, -0.1) is 0 Å². The number of guanidine groups is 1. The van der Waals surface area contributed by atoms with Crippen molar-refractivity contribution in [3.63, 3.8) is 0 Å². The van der Waals surface area contributed by atoms with Gasteiger partial charge in [-0.3, -0.25) is 10.1 Å². The first-order chi connectivity index (χ1) is 9.86. The predicted molar refractivity (Wildman–Crippen MR) is 65.8 cm³/mol. The van der Waals surface area contributed by atoms with Crippen LogP contribution in [0, 0.1) is 0 Å². The summed E-state index contributed by atoms with van der Waals surface area (Å²) in [5.74, 6) is -1.84. The van der Waals surface area contributed by atoms with E-state index in [1.165, 1.54) is 0 Å². The lowest BCUT2D eigenvalue weighted by Gasteiger charge is -2.26. The minimum Gasteiger partial charge on any atom is -0.394 e. The van der Waals surface area contributed by atoms with Gasteiger partial charge in [0.05, 0.1) is 12.7 Å². The molecule has 0 aromatic carbocycles. The molecule has 0 bridgehead atoms. The summed E-state index contributed by atoms with van der Waals surface area (Å²) in [6.45, 7) is -0.438. The number of carbonyl (C=O) groups excluding carboxylic acids is 2. The maximum Gasteiger partial charge on any atom is 0.328 e. The molecule has 0 aromatic rings. The van der Waals surface area contributed by atoms with E-state index >= 15 is 0 Å². The molecule has 114 valence electrons. The largest absolute Gasteiger partial charge is 0.394 e. The van der Waals surface area contributed by atoms with E-state index in [0.29, 0.717) is 0 Å². The summed E-state index contributed by atoms with van der Waals surface area (Å²) >= 11 is 0. The fourth-order valence-electron chi connectivity index (χ4n) is 2.45. The van der Waals surface area contributed by atoms with Crippen LogP contribution in [0.4, 0.5) is 4.79 Å². The molecule has 1 unspecified atom stereocenters. The van der Waals surface area contributed by atoms with Crippen LogP contribution >= 0.6 is 0 Å². The molecule has 2 saturated heterocycles. The van der Waals surface area contributed by atoms with Crippen LogP contribution in [0.3, 0.4) is 0 Å². The van der Waals surface area contributed by atoms with Crippen molar-refractivity contribution in [2.45, 2.75) is 30.6 Å². The average Bonchev–Trinajstić information content (AvgIpc) is 2.88. The highest BCUT2D eigenvalue weighted by atomic mass is 16.5. The number of urea groups is 1. The number of nitrogens with zero attached hydrogens (tertiary/aromatic N) is 3. The predicted octanol–water partition coefficient (Wildman–Crippen LogP) is -3.58. The third-order valence-electron chi connectivity index (χ3n) is 3.48. The number of carbonyl (C=O) groups is 2. The topological polar surface area (TPSA) is 170 Å². The number of aliphatic hydroxyl groups excluding tert-OH is 2. The number of ether oxygens (including phenoxy) is 1. The number of amidine groups is 1. The van der Waals surface area contributed by atoms with Crippen LogP contribution in [-0.4, -0.2) is 74.7 Å². The molecule has 3 aliphatic rings. The monoisotopic (exact) mass is 299 g/mol. The summed E-state index contributed by atoms with van der Waals surface area (Å²) in [6, 6.07) is -0.842. The molecule has 0 spiro atoms. The number of nitrogens with two attached hydrogens (primary N) is 1. The lowest BCUT2D eigenvalue weighted by molar-refractivity contribution is -0.131. The number of aliphatic hydroxyl groups is 3. The van der Waals surface area contributed by atoms with E-state index in [1.54, 1.807) is 0 Å². The summed E-state index contributed by atoms with van der Waals surface area (Å²) in [5.41, 5.74) is 2.96. The fraction of sp³-hybridized carbons (Fsp3) is 0.600. The Morgan fingerprint density at radius 3 is 2.81 bits per heavy atom. The number of aliphatic imine (C=N–C) groups is 2. The summed E-state index contributed by atoms with van der Waals surface area (Å²) < 4.78 is 5.32. The first-order valence-corrected chi connectivity index (χ1v) is 6.12. The molecule has 0 aliphatic carbocycles. The standard InChI is InChI=1S/C10H13N5O6/c11-8-12-6-10(20,7(18)13-8)14-9(19)15(6)5-1-3(17)4(2-16)21-5/h3-5,16-17,20H,1-2H2,(H,14,19)(H2,11,13,18)/t3-,4+,5+,10?/m0/s1. The number of nitrogens with one attached hydrogen (secondary N) is 1. The number of hydrogen-bond acceptors (Lipinski definition) is 8. The number of amides is 3. The Hall–Kier alpha value is -2.08. The number of rotatable bonds is 2. The van der Waals surface area contributed by atoms with E-state index in [1.807, 2.05) is 0 Å². The molecule has 3 heterocycles. The number of fused-ring (bicyclic) bond motifs is 1. The van der Waals surface area contributed by atoms with E-state index in [0.717, 1.165) is 4.90 Å². The van der Waals surface area contributed by atoms with Gasteiger partial charge < -0.3 is 25.8 Å². The first-order valence-electron chi connectivity index (χ1n) is 6.12. The lowest BCUT2D eigenvalue weighted by atomic mass is 10.1. The zero-order chi connectivity index (χ0) is 15.4. The van der Waals surface area contributed by atoms with Gasteiger partial charge in [-0.2, -0.15) is 9.98 Å². The van der Waals surface area contributed by atoms with Gasteiger partial charge in [0.1, 0.15) is 12.3 Å². The van der Waals surface area contributed by atoms with Crippen molar-refractivity contribution in [2.24, 2.45) is 15.7 Å². The van der Waals surface area contributed by atoms with Crippen LogP contribution in [-0.2, 0) is 9.53 Å². The molecule has 2 fully saturated rings. The second-order valence-corrected chi connectivity index (χ2v) is 4.84. The smallest absolute Gasteiger partial charge is 0.328 e. The van der Waals surface area contributed by atoms with E-state index < -0.39 is 48.7 Å². The minimum absolute atomic E-state index is 0.0149. The van der Waals surface area contributed by atoms with Crippen molar-refractivity contribution in [1.29, 1.82) is 0 Å². The van der Waals surface area contributed by atoms with Gasteiger partial charge in [0.25, 0.3) is 5.72 Å². The maximum atomic E-state index is 12.0. The fourth-order valence-corrected chi connectivity index (χ4v) is 2.45. The molecule has 21 heavy (non-hydrogen) atoms. The van der Waals surface area contributed by atoms with E-state index in [4.69, 9.17) is 15.6 Å². The second kappa shape index (κ2) is 4.46. The normalized spacial score (nSPS) is 39.0. The van der Waals surface area contributed by atoms with Crippen molar-refractivity contribution in [3.8, 4) is 0 Å². The molecule has 0 saturated carbocycles. The first kappa shape index (κ1) is 13.9. The Bertz CT molecular complexity index is 576. The van der Waals surface area contributed by atoms with E-state index in [-0.39, 0.29) is 12.3 Å². The van der Waals surface area contributed by atoms with Gasteiger partial charge in [-0.1, -0.05) is 0 Å². The third kappa shape index (κ3) is 1.90. The van der Waals surface area contributed by atoms with Gasteiger partial charge in [-0.25, -0.2) is 9.69 Å². The highest BCUT2D eigenvalue weighted by molar-refractivity contribution is 6.26. The van der Waals surface area contributed by atoms with Crippen molar-refractivity contribution < 1.29 is 29.6 Å². The Kier molecular flexibility index (Phi) is 2.95. The highest BCUT2D eigenvalue weighted by Crippen LogP contribution is 2.30. The quantitative estimate of drug-likeness (QED) is 0.351. The van der Waals surface area contributed by atoms with Crippen LogP contribution in [0.25, 0.3) is 0 Å². The second-order valence-electron chi connectivity index (χ2n) is 4.84. The van der Waals surface area contributed by atoms with Crippen molar-refractivity contribution in [3.05, 3.63) is 0 Å². The lowest BCUT2D eigenvalue weighted by Crippen LogP contribution is -2.56. The summed E-state index contributed by atoms with van der Waals surface area (Å²) in [6.07, 6.45) is -2.88. The SMILES string of the molecule is NC1=NC(=O)C2(O)NC(=O)N([C@H]3C[C@H](O)[C@@H](CO)O3)C2=N1. The van der Waals surface area contributed by atoms with Gasteiger partial charge in [-0.05, 0) is 0 Å². The Morgan fingerprint density at radius 2 is 2.19 bits per heavy atom. The zero-order valence-electron chi connectivity index (χ0n) is 10.6. The molecule has 3 rings (SSSR count). The molecular formula is C10H13N5O6. The zero-order valence-corrected chi connectivity index (χ0v) is 10.6. The van der Waals surface area contributed by atoms with Gasteiger partial charge in [0, 0.05) is 6.42 Å². The van der Waals surface area contributed by atoms with E-state index in [2.05, 4.69) is 15.3 Å². The van der Waals surface area contributed by atoms with E-state index in [9.17, 15) is 19.8 Å². The molecule has 0 aromatic heterocycles. The van der Waals surface area contributed by atoms with Crippen molar-refractivity contribution in [1.82, 2.24) is 10.2 Å². The van der Waals surface area contributed by atoms with Crippen LogP contribution in [0.15, 0.2) is 9.98 Å². The maximum absolute atomic E-state index is 12.0. The van der Waals surface area contributed by atoms with Crippen LogP contribution < -0.4 is 11.1 Å². The summed E-state index contributed by atoms with van der Waals surface area (Å²) in [7, 11) is 0. The minimum atomic E-state index is -2.40. The van der Waals surface area contributed by atoms with Crippen LogP contribution in [0.2, 0.25) is 0 Å². The summed E-state index contributed by atoms with van der Waals surface area (Å²) in [5, 5.41) is 31.0. The Morgan fingerprint density at radius 1 is 1.48 bits per heavy atom. The molecule has 3 aliphatic heterocycles. The average molecular weight is 299 g/mol. The highest BCUT2D eigenvalue weighted by Gasteiger charge is 2.58. The number of hydrogen-bond donors (Lipinski definition) is 5. The molecule has 0 radical (unpaired) electrons. The Labute approximate surface area is 117 Å². The molecule has 11 heteroatoms. The van der Waals surface area contributed by atoms with Crippen LogP contribution in [0.5, 0.6) is 0 Å². The van der Waals surface area contributed by atoms with Gasteiger partial charge >= 0.3 is 11.9 Å². The van der Waals surface area contributed by atoms with Crippen molar-refractivity contribution in [2.75, 3.05) is 6.61 Å². The molecule has 3 amide bonds. The molecule has 4 atom stereocenters. The Balaban J connectivity index is 1.95. The van der Waals surface area contributed by atoms with Gasteiger partial charge in [0.15, 0.2) is 5.84 Å². The molecule has 11 nitrogen and oxygen atoms in total. The third-order valence-corrected chi connectivity index (χ3v) is 3.48. The molecular weight excluding hydrogens is 286 g/mol. The van der Waals surface area contributed by atoms with Crippen molar-refractivity contribution >= 4 is 23.7 Å². The summed E-state index contributed by atoms with van der Waals surface area (Å²) in [4.78, 5) is 31.6.